The van der Waals surface area contributed by atoms with Gasteiger partial charge in [0.25, 0.3) is 5.91 Å². The minimum Gasteiger partial charge on any atom is -1.00 e. The van der Waals surface area contributed by atoms with Gasteiger partial charge in [0.1, 0.15) is 5.75 Å². The number of nitrogens with one attached hydrogen (secondary N) is 1. The topological polar surface area (TPSA) is 42.2 Å². The fourth-order valence-electron chi connectivity index (χ4n) is 4.84. The predicted octanol–water partition coefficient (Wildman–Crippen LogP) is 6.25. The Labute approximate surface area is 257 Å². The Bertz CT molecular complexity index is 1170. The number of hydrogen-bond donors (Lipinski definition) is 1. The van der Waals surface area contributed by atoms with Crippen LogP contribution >= 0.6 is 11.3 Å². The van der Waals surface area contributed by atoms with E-state index in [2.05, 4.69) is 62.3 Å². The van der Waals surface area contributed by atoms with Crippen LogP contribution in [0.15, 0.2) is 54.2 Å². The summed E-state index contributed by atoms with van der Waals surface area (Å²) in [5.41, 5.74) is 5.68. The predicted molar refractivity (Wildman–Crippen MR) is 165 cm³/mol. The zero-order valence-corrected chi connectivity index (χ0v) is 27.6. The van der Waals surface area contributed by atoms with Crippen molar-refractivity contribution in [2.45, 2.75) is 111 Å². The van der Waals surface area contributed by atoms with Crippen molar-refractivity contribution in [3.05, 3.63) is 75.7 Å². The van der Waals surface area contributed by atoms with Crippen LogP contribution in [0.25, 0.3) is 0 Å². The Morgan fingerprint density at radius 2 is 1.60 bits per heavy atom. The van der Waals surface area contributed by atoms with E-state index in [4.69, 9.17) is 4.74 Å². The number of carbonyl (C=O) groups excluding carboxylic acids is 1. The van der Waals surface area contributed by atoms with E-state index in [1.165, 1.54) is 62.7 Å². The van der Waals surface area contributed by atoms with Crippen LogP contribution in [0.5, 0.6) is 5.75 Å². The molecule has 0 aliphatic rings. The van der Waals surface area contributed by atoms with Gasteiger partial charge in [0.15, 0.2) is 12.7 Å². The van der Waals surface area contributed by atoms with Gasteiger partial charge in [-0.25, -0.2) is 0 Å². The average Bonchev–Trinajstić information content (AvgIpc) is 3.31. The zero-order chi connectivity index (χ0) is 28.1. The minimum absolute atomic E-state index is 0. The summed E-state index contributed by atoms with van der Waals surface area (Å²) in [4.78, 5) is 14.5. The number of aryl methyl sites for hydroxylation is 1. The van der Waals surface area contributed by atoms with Gasteiger partial charge in [0.2, 0.25) is 5.51 Å². The van der Waals surface area contributed by atoms with Crippen LogP contribution in [0.3, 0.4) is 0 Å². The average molecular weight is 630 g/mol. The lowest BCUT2D eigenvalue weighted by Crippen LogP contribution is -3.00. The second-order valence-corrected chi connectivity index (χ2v) is 12.9. The molecule has 3 aromatic rings. The third-order valence-corrected chi connectivity index (χ3v) is 7.93. The SMILES string of the molecule is CCCCCCCCCCCCOc1ccc(C(=O)Nc2cccc(C[n+]3csc(C)c3)c2)cc1C(C)(C)C.[Br-]. The summed E-state index contributed by atoms with van der Waals surface area (Å²) in [6.45, 7) is 12.4. The standard InChI is InChI=1S/C34H48N2O2S.BrH/c1-6-7-8-9-10-11-12-13-14-15-21-38-32-20-19-29(23-31(32)34(3,4)5)33(37)35-30-18-16-17-28(22-30)25-36-24-27(2)39-26-36;/h16-20,22-24,26H,6-15,21,25H2,1-5H3;1H. The lowest BCUT2D eigenvalue weighted by molar-refractivity contribution is -0.683. The number of ether oxygens (including phenoxy) is 1. The molecular weight excluding hydrogens is 580 g/mol. The number of amides is 1. The zero-order valence-electron chi connectivity index (χ0n) is 25.2. The number of unbranched alkanes of at least 4 members (excludes halogenated alkanes) is 9. The summed E-state index contributed by atoms with van der Waals surface area (Å²) in [5, 5.41) is 3.09. The molecular formula is C34H49BrN2O2S. The smallest absolute Gasteiger partial charge is 0.255 e. The van der Waals surface area contributed by atoms with Crippen molar-refractivity contribution in [3.8, 4) is 5.75 Å². The molecule has 1 aromatic heterocycles. The van der Waals surface area contributed by atoms with E-state index in [1.807, 2.05) is 36.4 Å². The molecule has 0 saturated carbocycles. The van der Waals surface area contributed by atoms with E-state index in [1.54, 1.807) is 11.3 Å². The number of hydrogen-bond acceptors (Lipinski definition) is 3. The molecule has 6 heteroatoms. The molecule has 1 heterocycles. The Morgan fingerprint density at radius 1 is 0.925 bits per heavy atom. The third-order valence-electron chi connectivity index (χ3n) is 7.08. The molecule has 0 bridgehead atoms. The first-order valence-corrected chi connectivity index (χ1v) is 15.8. The van der Waals surface area contributed by atoms with Crippen LogP contribution in [0.1, 0.15) is 118 Å². The summed E-state index contributed by atoms with van der Waals surface area (Å²) in [7, 11) is 0. The molecule has 0 radical (unpaired) electrons. The molecule has 0 fully saturated rings. The monoisotopic (exact) mass is 628 g/mol. The normalized spacial score (nSPS) is 11.2. The highest BCUT2D eigenvalue weighted by Crippen LogP contribution is 2.33. The molecule has 220 valence electrons. The van der Waals surface area contributed by atoms with Crippen molar-refractivity contribution in [2.24, 2.45) is 0 Å². The van der Waals surface area contributed by atoms with Crippen LogP contribution in [0.4, 0.5) is 5.69 Å². The van der Waals surface area contributed by atoms with Crippen molar-refractivity contribution >= 4 is 22.9 Å². The number of rotatable bonds is 16. The van der Waals surface area contributed by atoms with E-state index >= 15 is 0 Å². The van der Waals surface area contributed by atoms with Crippen molar-refractivity contribution in [3.63, 3.8) is 0 Å². The molecule has 0 atom stereocenters. The number of benzene rings is 2. The lowest BCUT2D eigenvalue weighted by Gasteiger charge is -2.23. The van der Waals surface area contributed by atoms with E-state index in [0.29, 0.717) is 5.56 Å². The Balaban J connectivity index is 0.00000560. The largest absolute Gasteiger partial charge is 1.00 e. The summed E-state index contributed by atoms with van der Waals surface area (Å²) in [5.74, 6) is 0.790. The van der Waals surface area contributed by atoms with E-state index in [0.717, 1.165) is 42.1 Å². The second-order valence-electron chi connectivity index (χ2n) is 11.8. The summed E-state index contributed by atoms with van der Waals surface area (Å²) >= 11 is 1.74. The summed E-state index contributed by atoms with van der Waals surface area (Å²) < 4.78 is 8.40. The Morgan fingerprint density at radius 3 is 2.23 bits per heavy atom. The number of halogens is 1. The Hall–Kier alpha value is -2.18. The van der Waals surface area contributed by atoms with E-state index < -0.39 is 0 Å². The van der Waals surface area contributed by atoms with Gasteiger partial charge in [-0.15, -0.1) is 0 Å². The fourth-order valence-corrected chi connectivity index (χ4v) is 5.48. The van der Waals surface area contributed by atoms with Crippen molar-refractivity contribution < 1.29 is 31.1 Å². The highest BCUT2D eigenvalue weighted by molar-refractivity contribution is 7.09. The second kappa shape index (κ2) is 17.6. The van der Waals surface area contributed by atoms with Crippen LogP contribution in [-0.4, -0.2) is 12.5 Å². The van der Waals surface area contributed by atoms with Crippen LogP contribution in [0, 0.1) is 6.92 Å². The molecule has 1 N–H and O–H groups in total. The summed E-state index contributed by atoms with van der Waals surface area (Å²) in [6.07, 6.45) is 15.3. The number of carbonyl (C=O) groups is 1. The van der Waals surface area contributed by atoms with Crippen LogP contribution < -0.4 is 31.6 Å². The Kier molecular flexibility index (Phi) is 15.0. The third kappa shape index (κ3) is 11.7. The van der Waals surface area contributed by atoms with Gasteiger partial charge in [0.05, 0.1) is 11.5 Å². The highest BCUT2D eigenvalue weighted by Gasteiger charge is 2.21. The first-order chi connectivity index (χ1) is 18.8. The maximum Gasteiger partial charge on any atom is 0.255 e. The molecule has 40 heavy (non-hydrogen) atoms. The molecule has 1 amide bonds. The quantitative estimate of drug-likeness (QED) is 0.151. The molecule has 0 saturated heterocycles. The minimum atomic E-state index is -0.126. The van der Waals surface area contributed by atoms with Gasteiger partial charge in [-0.2, -0.15) is 4.57 Å². The highest BCUT2D eigenvalue weighted by atomic mass is 79.9. The van der Waals surface area contributed by atoms with Gasteiger partial charge in [-0.1, -0.05) is 109 Å². The van der Waals surface area contributed by atoms with Crippen molar-refractivity contribution in [2.75, 3.05) is 11.9 Å². The molecule has 2 aromatic carbocycles. The number of aromatic nitrogens is 1. The summed E-state index contributed by atoms with van der Waals surface area (Å²) in [6, 6.07) is 13.9. The van der Waals surface area contributed by atoms with E-state index in [9.17, 15) is 4.79 Å². The number of nitrogens with zero attached hydrogens (tertiary/aromatic N) is 1. The van der Waals surface area contributed by atoms with Crippen molar-refractivity contribution in [1.29, 1.82) is 0 Å². The maximum atomic E-state index is 13.2. The molecule has 0 unspecified atom stereocenters. The fraction of sp³-hybridized carbons (Fsp3) is 0.529. The molecule has 4 nitrogen and oxygen atoms in total. The molecule has 0 spiro atoms. The molecule has 0 aliphatic carbocycles. The maximum absolute atomic E-state index is 13.2. The van der Waals surface area contributed by atoms with Gasteiger partial charge >= 0.3 is 0 Å². The van der Waals surface area contributed by atoms with Crippen LogP contribution in [-0.2, 0) is 12.0 Å². The van der Waals surface area contributed by atoms with Crippen LogP contribution in [0.2, 0.25) is 0 Å². The van der Waals surface area contributed by atoms with Gasteiger partial charge in [-0.05, 0) is 49.1 Å². The van der Waals surface area contributed by atoms with Gasteiger partial charge in [-0.3, -0.25) is 4.79 Å². The first kappa shape index (κ1) is 34.0. The number of anilines is 1. The molecule has 3 rings (SSSR count). The van der Waals surface area contributed by atoms with Gasteiger partial charge in [0, 0.05) is 22.4 Å². The van der Waals surface area contributed by atoms with E-state index in [-0.39, 0.29) is 28.3 Å². The molecule has 0 aliphatic heterocycles. The van der Waals surface area contributed by atoms with Crippen molar-refractivity contribution in [1.82, 2.24) is 0 Å². The first-order valence-electron chi connectivity index (χ1n) is 14.9. The lowest BCUT2D eigenvalue weighted by atomic mass is 9.85. The van der Waals surface area contributed by atoms with Gasteiger partial charge < -0.3 is 27.0 Å². The number of thiazole rings is 1.